The number of amides is 1. The van der Waals surface area contributed by atoms with Gasteiger partial charge in [-0.2, -0.15) is 0 Å². The molecule has 0 atom stereocenters. The van der Waals surface area contributed by atoms with Gasteiger partial charge in [0.05, 0.1) is 23.8 Å². The Morgan fingerprint density at radius 3 is 2.95 bits per heavy atom. The molecule has 1 N–H and O–H groups in total. The second kappa shape index (κ2) is 6.07. The first-order valence-electron chi connectivity index (χ1n) is 6.76. The predicted molar refractivity (Wildman–Crippen MR) is 84.7 cm³/mol. The molecule has 7 heteroatoms. The van der Waals surface area contributed by atoms with Crippen LogP contribution in [0.5, 0.6) is 0 Å². The van der Waals surface area contributed by atoms with E-state index in [1.807, 2.05) is 30.5 Å². The molecule has 1 amide bonds. The number of aryl methyl sites for hydroxylation is 1. The van der Waals surface area contributed by atoms with Crippen LogP contribution in [-0.2, 0) is 17.9 Å². The summed E-state index contributed by atoms with van der Waals surface area (Å²) in [6.45, 7) is 2.24. The van der Waals surface area contributed by atoms with Crippen molar-refractivity contribution in [3.8, 4) is 0 Å². The van der Waals surface area contributed by atoms with E-state index in [-0.39, 0.29) is 18.0 Å². The lowest BCUT2D eigenvalue weighted by atomic mass is 10.3. The maximum Gasteiger partial charge on any atom is 0.269 e. The fourth-order valence-corrected chi connectivity index (χ4v) is 2.85. The number of carbonyl (C=O) groups is 1. The second-order valence-electron chi connectivity index (χ2n) is 4.83. The van der Waals surface area contributed by atoms with E-state index < -0.39 is 0 Å². The number of hydrogen-bond acceptors (Lipinski definition) is 5. The summed E-state index contributed by atoms with van der Waals surface area (Å²) in [6, 6.07) is 7.24. The van der Waals surface area contributed by atoms with Gasteiger partial charge in [0.25, 0.3) is 5.56 Å². The number of aromatic nitrogens is 3. The number of hydrogen-bond donors (Lipinski definition) is 1. The molecule has 0 saturated heterocycles. The number of rotatable bonds is 4. The summed E-state index contributed by atoms with van der Waals surface area (Å²) in [5.74, 6) is -0.230. The Morgan fingerprint density at radius 1 is 1.36 bits per heavy atom. The number of carbonyl (C=O) groups excluding carboxylic acids is 1. The fraction of sp³-hybridized carbons (Fsp3) is 0.200. The molecule has 0 fully saturated rings. The lowest BCUT2D eigenvalue weighted by Gasteiger charge is -2.09. The minimum Gasteiger partial charge on any atom is -0.348 e. The maximum atomic E-state index is 12.1. The molecule has 1 aromatic carbocycles. The summed E-state index contributed by atoms with van der Waals surface area (Å²) in [5.41, 5.74) is 1.98. The van der Waals surface area contributed by atoms with Crippen LogP contribution in [0.1, 0.15) is 10.7 Å². The van der Waals surface area contributed by atoms with E-state index in [9.17, 15) is 9.59 Å². The third-order valence-corrected chi connectivity index (χ3v) is 4.12. The van der Waals surface area contributed by atoms with E-state index in [1.165, 1.54) is 22.1 Å². The number of nitrogens with zero attached hydrogens (tertiary/aromatic N) is 3. The number of para-hydroxylation sites is 2. The van der Waals surface area contributed by atoms with Crippen LogP contribution in [0.25, 0.3) is 11.0 Å². The van der Waals surface area contributed by atoms with E-state index >= 15 is 0 Å². The highest BCUT2D eigenvalue weighted by molar-refractivity contribution is 7.09. The lowest BCUT2D eigenvalue weighted by molar-refractivity contribution is -0.121. The average molecular weight is 314 g/mol. The smallest absolute Gasteiger partial charge is 0.269 e. The van der Waals surface area contributed by atoms with Crippen molar-refractivity contribution in [3.63, 3.8) is 0 Å². The molecule has 2 aromatic heterocycles. The first-order valence-corrected chi connectivity index (χ1v) is 7.64. The van der Waals surface area contributed by atoms with Crippen LogP contribution in [0.3, 0.4) is 0 Å². The van der Waals surface area contributed by atoms with Crippen molar-refractivity contribution in [2.75, 3.05) is 0 Å². The van der Waals surface area contributed by atoms with Crippen LogP contribution in [0.15, 0.2) is 40.6 Å². The zero-order valence-electron chi connectivity index (χ0n) is 11.9. The molecule has 0 aliphatic heterocycles. The van der Waals surface area contributed by atoms with Crippen molar-refractivity contribution >= 4 is 28.3 Å². The van der Waals surface area contributed by atoms with E-state index in [0.717, 1.165) is 10.7 Å². The topological polar surface area (TPSA) is 76.9 Å². The molecule has 0 bridgehead atoms. The van der Waals surface area contributed by atoms with Gasteiger partial charge >= 0.3 is 0 Å². The van der Waals surface area contributed by atoms with Crippen LogP contribution in [0.4, 0.5) is 0 Å². The van der Waals surface area contributed by atoms with E-state index in [0.29, 0.717) is 17.6 Å². The van der Waals surface area contributed by atoms with Gasteiger partial charge in [0.15, 0.2) is 0 Å². The van der Waals surface area contributed by atoms with Gasteiger partial charge in [-0.1, -0.05) is 12.1 Å². The number of thiazole rings is 1. The molecule has 22 heavy (non-hydrogen) atoms. The Labute approximate surface area is 130 Å². The second-order valence-corrected chi connectivity index (χ2v) is 5.77. The Bertz CT molecular complexity index is 884. The SMILES string of the molecule is Cc1csc(CNC(=O)Cn2c(=O)cnc3ccccc32)n1. The molecule has 0 unspecified atom stereocenters. The minimum atomic E-state index is -0.293. The molecule has 2 heterocycles. The average Bonchev–Trinajstić information content (AvgIpc) is 2.94. The van der Waals surface area contributed by atoms with Crippen LogP contribution < -0.4 is 10.9 Å². The first kappa shape index (κ1) is 14.4. The Hall–Kier alpha value is -2.54. The lowest BCUT2D eigenvalue weighted by Crippen LogP contribution is -2.32. The van der Waals surface area contributed by atoms with Gasteiger partial charge < -0.3 is 5.32 Å². The minimum absolute atomic E-state index is 0.0355. The predicted octanol–water partition coefficient (Wildman–Crippen LogP) is 1.48. The zero-order chi connectivity index (χ0) is 15.5. The van der Waals surface area contributed by atoms with Crippen LogP contribution in [0.2, 0.25) is 0 Å². The van der Waals surface area contributed by atoms with E-state index in [1.54, 1.807) is 6.07 Å². The standard InChI is InChI=1S/C15H14N4O2S/c1-10-9-22-14(18-10)6-17-13(20)8-19-12-5-3-2-4-11(12)16-7-15(19)21/h2-5,7,9H,6,8H2,1H3,(H,17,20). The van der Waals surface area contributed by atoms with E-state index in [2.05, 4.69) is 15.3 Å². The molecular weight excluding hydrogens is 300 g/mol. The monoisotopic (exact) mass is 314 g/mol. The highest BCUT2D eigenvalue weighted by Crippen LogP contribution is 2.09. The van der Waals surface area contributed by atoms with Crippen molar-refractivity contribution in [3.05, 3.63) is 56.9 Å². The van der Waals surface area contributed by atoms with Crippen molar-refractivity contribution < 1.29 is 4.79 Å². The molecule has 0 aliphatic rings. The summed E-state index contributed by atoms with van der Waals surface area (Å²) in [4.78, 5) is 32.4. The summed E-state index contributed by atoms with van der Waals surface area (Å²) in [7, 11) is 0. The first-order chi connectivity index (χ1) is 10.6. The van der Waals surface area contributed by atoms with Crippen molar-refractivity contribution in [2.24, 2.45) is 0 Å². The Balaban J connectivity index is 1.76. The third kappa shape index (κ3) is 3.04. The summed E-state index contributed by atoms with van der Waals surface area (Å²) in [6.07, 6.45) is 1.24. The van der Waals surface area contributed by atoms with Gasteiger partial charge in [-0.25, -0.2) is 9.97 Å². The van der Waals surface area contributed by atoms with Crippen molar-refractivity contribution in [2.45, 2.75) is 20.0 Å². The number of nitrogens with one attached hydrogen (secondary N) is 1. The number of benzene rings is 1. The summed E-state index contributed by atoms with van der Waals surface area (Å²) >= 11 is 1.50. The van der Waals surface area contributed by atoms with Gasteiger partial charge in [0, 0.05) is 11.1 Å². The Kier molecular flexibility index (Phi) is 3.97. The van der Waals surface area contributed by atoms with Crippen molar-refractivity contribution in [1.29, 1.82) is 0 Å². The van der Waals surface area contributed by atoms with Crippen LogP contribution >= 0.6 is 11.3 Å². The van der Waals surface area contributed by atoms with E-state index in [4.69, 9.17) is 0 Å². The highest BCUT2D eigenvalue weighted by atomic mass is 32.1. The molecule has 0 aliphatic carbocycles. The molecule has 6 nitrogen and oxygen atoms in total. The van der Waals surface area contributed by atoms with Gasteiger partial charge in [-0.15, -0.1) is 11.3 Å². The highest BCUT2D eigenvalue weighted by Gasteiger charge is 2.09. The fourth-order valence-electron chi connectivity index (χ4n) is 2.14. The third-order valence-electron chi connectivity index (χ3n) is 3.16. The van der Waals surface area contributed by atoms with Gasteiger partial charge in [-0.3, -0.25) is 14.2 Å². The molecule has 0 radical (unpaired) electrons. The normalized spacial score (nSPS) is 10.8. The summed E-state index contributed by atoms with van der Waals surface area (Å²) < 4.78 is 1.42. The van der Waals surface area contributed by atoms with Gasteiger partial charge in [-0.05, 0) is 19.1 Å². The molecule has 112 valence electrons. The van der Waals surface area contributed by atoms with Crippen LogP contribution in [0, 0.1) is 6.92 Å². The van der Waals surface area contributed by atoms with Crippen LogP contribution in [-0.4, -0.2) is 20.4 Å². The zero-order valence-corrected chi connectivity index (χ0v) is 12.8. The molecule has 0 spiro atoms. The number of fused-ring (bicyclic) bond motifs is 1. The van der Waals surface area contributed by atoms with Crippen molar-refractivity contribution in [1.82, 2.24) is 19.9 Å². The molecule has 3 rings (SSSR count). The van der Waals surface area contributed by atoms with Gasteiger partial charge in [0.1, 0.15) is 11.6 Å². The Morgan fingerprint density at radius 2 is 2.18 bits per heavy atom. The maximum absolute atomic E-state index is 12.1. The summed E-state index contributed by atoms with van der Waals surface area (Å²) in [5, 5.41) is 5.56. The largest absolute Gasteiger partial charge is 0.348 e. The quantitative estimate of drug-likeness (QED) is 0.791. The molecular formula is C15H14N4O2S. The molecule has 0 saturated carbocycles. The molecule has 3 aromatic rings. The van der Waals surface area contributed by atoms with Gasteiger partial charge in [0.2, 0.25) is 5.91 Å².